The fourth-order valence-electron chi connectivity index (χ4n) is 1.20. The first-order chi connectivity index (χ1) is 6.40. The minimum atomic E-state index is 0.672. The van der Waals surface area contributed by atoms with Crippen molar-refractivity contribution in [3.8, 4) is 5.75 Å². The zero-order valence-corrected chi connectivity index (χ0v) is 7.40. The molecule has 0 N–H and O–H groups in total. The van der Waals surface area contributed by atoms with Gasteiger partial charge in [0.1, 0.15) is 5.75 Å². The van der Waals surface area contributed by atoms with Gasteiger partial charge in [-0.15, -0.1) is 0 Å². The third-order valence-corrected chi connectivity index (χ3v) is 1.75. The van der Waals surface area contributed by atoms with Crippen molar-refractivity contribution in [3.63, 3.8) is 0 Å². The van der Waals surface area contributed by atoms with Gasteiger partial charge in [0.15, 0.2) is 0 Å². The van der Waals surface area contributed by atoms with E-state index in [9.17, 15) is 0 Å². The van der Waals surface area contributed by atoms with Gasteiger partial charge < -0.3 is 4.74 Å². The fraction of sp³-hybridized carbons (Fsp3) is 0.200. The maximum absolute atomic E-state index is 5.35. The van der Waals surface area contributed by atoms with Gasteiger partial charge in [0.2, 0.25) is 0 Å². The maximum Gasteiger partial charge on any atom is 0.121 e. The summed E-state index contributed by atoms with van der Waals surface area (Å²) in [5.41, 5.74) is 1.76. The van der Waals surface area contributed by atoms with Crippen molar-refractivity contribution in [2.45, 2.75) is 6.92 Å². The van der Waals surface area contributed by atoms with Crippen molar-refractivity contribution in [3.05, 3.63) is 30.6 Å². The van der Waals surface area contributed by atoms with Crippen LogP contribution in [-0.2, 0) is 0 Å². The van der Waals surface area contributed by atoms with Gasteiger partial charge in [0.25, 0.3) is 0 Å². The second-order valence-corrected chi connectivity index (χ2v) is 2.64. The summed E-state index contributed by atoms with van der Waals surface area (Å²) in [5.74, 6) is 0.843. The lowest BCUT2D eigenvalue weighted by molar-refractivity contribution is 0.340. The lowest BCUT2D eigenvalue weighted by Gasteiger charge is -2.02. The molecule has 0 fully saturated rings. The molecule has 66 valence electrons. The molecular weight excluding hydrogens is 164 g/mol. The summed E-state index contributed by atoms with van der Waals surface area (Å²) in [4.78, 5) is 8.35. The Bertz CT molecular complexity index is 414. The Kier molecular flexibility index (Phi) is 2.08. The quantitative estimate of drug-likeness (QED) is 0.698. The topological polar surface area (TPSA) is 35.0 Å². The second kappa shape index (κ2) is 3.39. The minimum Gasteiger partial charge on any atom is -0.494 e. The molecule has 0 aliphatic carbocycles. The standard InChI is InChI=1S/C10H10N2O/c1-2-13-8-3-4-9-10(7-8)12-6-5-11-9/h3-7H,2H2,1H3. The van der Waals surface area contributed by atoms with Gasteiger partial charge in [-0.05, 0) is 19.1 Å². The molecule has 3 nitrogen and oxygen atoms in total. The molecule has 0 amide bonds. The molecule has 13 heavy (non-hydrogen) atoms. The van der Waals surface area contributed by atoms with Crippen LogP contribution >= 0.6 is 0 Å². The van der Waals surface area contributed by atoms with Crippen molar-refractivity contribution in [1.82, 2.24) is 9.97 Å². The van der Waals surface area contributed by atoms with Gasteiger partial charge in [-0.1, -0.05) is 0 Å². The van der Waals surface area contributed by atoms with Gasteiger partial charge in [-0.2, -0.15) is 0 Å². The Morgan fingerprint density at radius 3 is 2.69 bits per heavy atom. The number of hydrogen-bond donors (Lipinski definition) is 0. The first-order valence-electron chi connectivity index (χ1n) is 4.23. The Morgan fingerprint density at radius 1 is 1.15 bits per heavy atom. The van der Waals surface area contributed by atoms with E-state index < -0.39 is 0 Å². The average Bonchev–Trinajstić information content (AvgIpc) is 2.18. The summed E-state index contributed by atoms with van der Waals surface area (Å²) >= 11 is 0. The molecular formula is C10H10N2O. The van der Waals surface area contributed by atoms with Crippen LogP contribution in [0.4, 0.5) is 0 Å². The number of aromatic nitrogens is 2. The third-order valence-electron chi connectivity index (χ3n) is 1.75. The molecule has 0 unspecified atom stereocenters. The number of ether oxygens (including phenoxy) is 1. The summed E-state index contributed by atoms with van der Waals surface area (Å²) in [7, 11) is 0. The summed E-state index contributed by atoms with van der Waals surface area (Å²) < 4.78 is 5.35. The van der Waals surface area contributed by atoms with Crippen LogP contribution in [0.1, 0.15) is 6.92 Å². The van der Waals surface area contributed by atoms with E-state index in [2.05, 4.69) is 9.97 Å². The van der Waals surface area contributed by atoms with Crippen LogP contribution in [0.2, 0.25) is 0 Å². The number of nitrogens with zero attached hydrogens (tertiary/aromatic N) is 2. The van der Waals surface area contributed by atoms with E-state index in [1.54, 1.807) is 12.4 Å². The van der Waals surface area contributed by atoms with E-state index in [1.165, 1.54) is 0 Å². The molecule has 0 bridgehead atoms. The Labute approximate surface area is 76.4 Å². The molecule has 2 rings (SSSR count). The molecule has 0 aliphatic rings. The monoisotopic (exact) mass is 174 g/mol. The lowest BCUT2D eigenvalue weighted by Crippen LogP contribution is -1.91. The molecule has 2 aromatic rings. The first kappa shape index (κ1) is 7.98. The highest BCUT2D eigenvalue weighted by Gasteiger charge is 1.96. The SMILES string of the molecule is CCOc1ccc2nccnc2c1. The average molecular weight is 174 g/mol. The van der Waals surface area contributed by atoms with Gasteiger partial charge in [0.05, 0.1) is 17.6 Å². The second-order valence-electron chi connectivity index (χ2n) is 2.64. The summed E-state index contributed by atoms with van der Waals surface area (Å²) in [6.07, 6.45) is 3.36. The molecule has 1 heterocycles. The number of fused-ring (bicyclic) bond motifs is 1. The zero-order chi connectivity index (χ0) is 9.10. The number of hydrogen-bond acceptors (Lipinski definition) is 3. The Hall–Kier alpha value is -1.64. The van der Waals surface area contributed by atoms with Crippen molar-refractivity contribution < 1.29 is 4.74 Å². The van der Waals surface area contributed by atoms with E-state index in [0.717, 1.165) is 16.8 Å². The highest BCUT2D eigenvalue weighted by Crippen LogP contribution is 2.16. The molecule has 1 aromatic heterocycles. The van der Waals surface area contributed by atoms with Gasteiger partial charge in [0, 0.05) is 18.5 Å². The third kappa shape index (κ3) is 1.59. The molecule has 0 radical (unpaired) electrons. The van der Waals surface area contributed by atoms with Crippen LogP contribution in [-0.4, -0.2) is 16.6 Å². The summed E-state index contributed by atoms with van der Waals surface area (Å²) in [6.45, 7) is 2.63. The molecule has 1 aromatic carbocycles. The van der Waals surface area contributed by atoms with Crippen molar-refractivity contribution in [1.29, 1.82) is 0 Å². The van der Waals surface area contributed by atoms with Crippen LogP contribution in [0, 0.1) is 0 Å². The van der Waals surface area contributed by atoms with Crippen molar-refractivity contribution in [2.24, 2.45) is 0 Å². The van der Waals surface area contributed by atoms with E-state index in [1.807, 2.05) is 25.1 Å². The van der Waals surface area contributed by atoms with Crippen molar-refractivity contribution >= 4 is 11.0 Å². The highest BCUT2D eigenvalue weighted by molar-refractivity contribution is 5.75. The zero-order valence-electron chi connectivity index (χ0n) is 7.40. The highest BCUT2D eigenvalue weighted by atomic mass is 16.5. The van der Waals surface area contributed by atoms with Gasteiger partial charge in [-0.25, -0.2) is 0 Å². The van der Waals surface area contributed by atoms with Gasteiger partial charge in [-0.3, -0.25) is 9.97 Å². The van der Waals surface area contributed by atoms with E-state index in [-0.39, 0.29) is 0 Å². The molecule has 3 heteroatoms. The van der Waals surface area contributed by atoms with Crippen LogP contribution in [0.3, 0.4) is 0 Å². The molecule has 0 saturated heterocycles. The smallest absolute Gasteiger partial charge is 0.121 e. The van der Waals surface area contributed by atoms with Crippen LogP contribution in [0.15, 0.2) is 30.6 Å². The summed E-state index contributed by atoms with van der Waals surface area (Å²) in [5, 5.41) is 0. The first-order valence-corrected chi connectivity index (χ1v) is 4.23. The Balaban J connectivity index is 2.49. The predicted octanol–water partition coefficient (Wildman–Crippen LogP) is 2.03. The number of benzene rings is 1. The molecule has 0 saturated carbocycles. The van der Waals surface area contributed by atoms with Crippen molar-refractivity contribution in [2.75, 3.05) is 6.61 Å². The normalized spacial score (nSPS) is 10.2. The van der Waals surface area contributed by atoms with E-state index >= 15 is 0 Å². The predicted molar refractivity (Wildman–Crippen MR) is 50.7 cm³/mol. The summed E-state index contributed by atoms with van der Waals surface area (Å²) in [6, 6.07) is 5.71. The number of rotatable bonds is 2. The van der Waals surface area contributed by atoms with E-state index in [4.69, 9.17) is 4.74 Å². The van der Waals surface area contributed by atoms with Crippen LogP contribution in [0.5, 0.6) is 5.75 Å². The van der Waals surface area contributed by atoms with Gasteiger partial charge >= 0.3 is 0 Å². The van der Waals surface area contributed by atoms with E-state index in [0.29, 0.717) is 6.61 Å². The Morgan fingerprint density at radius 2 is 1.92 bits per heavy atom. The maximum atomic E-state index is 5.35. The lowest BCUT2D eigenvalue weighted by atomic mass is 10.3. The molecule has 0 atom stereocenters. The van der Waals surface area contributed by atoms with Crippen LogP contribution < -0.4 is 4.74 Å². The molecule has 0 aliphatic heterocycles. The fourth-order valence-corrected chi connectivity index (χ4v) is 1.20. The largest absolute Gasteiger partial charge is 0.494 e. The van der Waals surface area contributed by atoms with Crippen LogP contribution in [0.25, 0.3) is 11.0 Å². The minimum absolute atomic E-state index is 0.672. The molecule has 0 spiro atoms.